The lowest BCUT2D eigenvalue weighted by Gasteiger charge is -2.45. The molecular formula is C25H20F6N2O3. The fourth-order valence-electron chi connectivity index (χ4n) is 4.36. The molecule has 0 fully saturated rings. The summed E-state index contributed by atoms with van der Waals surface area (Å²) in [5.41, 5.74) is -6.80. The molecule has 0 aromatic heterocycles. The number of nitrogens with one attached hydrogen (secondary N) is 2. The Balaban J connectivity index is 1.90. The standard InChI is InChI=1S/C25H20F6N2O3/c1-36-20(15-7-3-2-4-8-15)22(32-19-10-6-5-9-18(19)21(34)33-22)16-11-13-17(14-12-16)23(35,24(26,27)28)25(29,30)31/h2-14,20,32,35H,1H3,(H,33,34). The molecule has 0 saturated heterocycles. The number of carbonyl (C=O) groups excluding carboxylic acids is 1. The number of hydrogen-bond acceptors (Lipinski definition) is 4. The minimum atomic E-state index is -6.03. The largest absolute Gasteiger partial charge is 0.430 e. The molecule has 3 aromatic rings. The molecule has 0 spiro atoms. The first-order valence-electron chi connectivity index (χ1n) is 10.6. The van der Waals surface area contributed by atoms with Gasteiger partial charge in [-0.25, -0.2) is 0 Å². The van der Waals surface area contributed by atoms with E-state index in [1.165, 1.54) is 7.11 Å². The van der Waals surface area contributed by atoms with Gasteiger partial charge < -0.3 is 20.5 Å². The van der Waals surface area contributed by atoms with Crippen LogP contribution in [0, 0.1) is 0 Å². The van der Waals surface area contributed by atoms with Gasteiger partial charge in [-0.3, -0.25) is 4.79 Å². The van der Waals surface area contributed by atoms with E-state index in [2.05, 4.69) is 10.6 Å². The number of anilines is 1. The molecule has 1 aliphatic rings. The van der Waals surface area contributed by atoms with Crippen molar-refractivity contribution in [3.8, 4) is 0 Å². The highest BCUT2D eigenvalue weighted by Gasteiger charge is 2.71. The molecule has 0 radical (unpaired) electrons. The number of ether oxygens (including phenoxy) is 1. The maximum Gasteiger partial charge on any atom is 0.430 e. The van der Waals surface area contributed by atoms with Crippen molar-refractivity contribution in [1.82, 2.24) is 5.32 Å². The number of amides is 1. The normalized spacial score (nSPS) is 19.2. The van der Waals surface area contributed by atoms with Crippen LogP contribution in [0.25, 0.3) is 0 Å². The van der Waals surface area contributed by atoms with Crippen molar-refractivity contribution >= 4 is 11.6 Å². The van der Waals surface area contributed by atoms with Crippen molar-refractivity contribution in [3.05, 3.63) is 101 Å². The number of alkyl halides is 6. The zero-order valence-electron chi connectivity index (χ0n) is 18.6. The smallest absolute Gasteiger partial charge is 0.372 e. The number of aliphatic hydroxyl groups is 1. The van der Waals surface area contributed by atoms with Crippen LogP contribution < -0.4 is 10.6 Å². The van der Waals surface area contributed by atoms with Crippen LogP contribution in [0.2, 0.25) is 0 Å². The predicted octanol–water partition coefficient (Wildman–Crippen LogP) is 5.39. The molecule has 3 aromatic carbocycles. The topological polar surface area (TPSA) is 70.6 Å². The zero-order chi connectivity index (χ0) is 26.4. The summed E-state index contributed by atoms with van der Waals surface area (Å²) in [6.45, 7) is 0. The quantitative estimate of drug-likeness (QED) is 0.403. The van der Waals surface area contributed by atoms with Gasteiger partial charge in [-0.05, 0) is 17.7 Å². The van der Waals surface area contributed by atoms with Crippen LogP contribution in [-0.2, 0) is 16.0 Å². The zero-order valence-corrected chi connectivity index (χ0v) is 18.6. The summed E-state index contributed by atoms with van der Waals surface area (Å²) in [5.74, 6) is -0.534. The number of para-hydroxylation sites is 1. The van der Waals surface area contributed by atoms with Crippen LogP contribution in [0.15, 0.2) is 78.9 Å². The number of methoxy groups -OCH3 is 1. The van der Waals surface area contributed by atoms with Crippen LogP contribution in [0.1, 0.15) is 33.2 Å². The number of hydrogen-bond donors (Lipinski definition) is 3. The van der Waals surface area contributed by atoms with Crippen LogP contribution in [0.5, 0.6) is 0 Å². The molecule has 0 saturated carbocycles. The highest BCUT2D eigenvalue weighted by Crippen LogP contribution is 2.50. The monoisotopic (exact) mass is 510 g/mol. The van der Waals surface area contributed by atoms with Gasteiger partial charge in [0.05, 0.1) is 5.56 Å². The summed E-state index contributed by atoms with van der Waals surface area (Å²) in [6, 6.07) is 18.1. The lowest BCUT2D eigenvalue weighted by atomic mass is 9.83. The minimum absolute atomic E-state index is 0.0940. The SMILES string of the molecule is COC(c1ccccc1)C1(c2ccc(C(O)(C(F)(F)F)C(F)(F)F)cc2)NC(=O)c2ccccc2N1. The van der Waals surface area contributed by atoms with E-state index in [4.69, 9.17) is 4.74 Å². The Hall–Kier alpha value is -3.57. The van der Waals surface area contributed by atoms with Gasteiger partial charge in [0, 0.05) is 23.9 Å². The third kappa shape index (κ3) is 3.97. The average Bonchev–Trinajstić information content (AvgIpc) is 2.83. The number of benzene rings is 3. The third-order valence-electron chi connectivity index (χ3n) is 6.12. The Labute approximate surface area is 201 Å². The van der Waals surface area contributed by atoms with E-state index in [0.29, 0.717) is 23.4 Å². The molecule has 2 atom stereocenters. The van der Waals surface area contributed by atoms with E-state index in [0.717, 1.165) is 12.1 Å². The van der Waals surface area contributed by atoms with Crippen molar-refractivity contribution < 1.29 is 41.0 Å². The van der Waals surface area contributed by atoms with E-state index in [-0.39, 0.29) is 11.1 Å². The summed E-state index contributed by atoms with van der Waals surface area (Å²) in [6.07, 6.45) is -13.0. The van der Waals surface area contributed by atoms with Gasteiger partial charge in [0.25, 0.3) is 11.5 Å². The molecule has 1 heterocycles. The van der Waals surface area contributed by atoms with Gasteiger partial charge in [0.1, 0.15) is 6.10 Å². The van der Waals surface area contributed by atoms with Gasteiger partial charge in [-0.15, -0.1) is 0 Å². The van der Waals surface area contributed by atoms with Crippen molar-refractivity contribution in [2.45, 2.75) is 29.7 Å². The number of halogens is 6. The van der Waals surface area contributed by atoms with Gasteiger partial charge >= 0.3 is 12.4 Å². The fourth-order valence-corrected chi connectivity index (χ4v) is 4.36. The van der Waals surface area contributed by atoms with Gasteiger partial charge in [0.15, 0.2) is 5.66 Å². The summed E-state index contributed by atoms with van der Waals surface area (Å²) in [7, 11) is 1.36. The Morgan fingerprint density at radius 3 is 1.92 bits per heavy atom. The van der Waals surface area contributed by atoms with Crippen molar-refractivity contribution in [2.75, 3.05) is 12.4 Å². The highest BCUT2D eigenvalue weighted by atomic mass is 19.4. The first kappa shape index (κ1) is 25.5. The molecule has 2 unspecified atom stereocenters. The average molecular weight is 510 g/mol. The Kier molecular flexibility index (Phi) is 6.26. The summed E-state index contributed by atoms with van der Waals surface area (Å²) < 4.78 is 86.0. The van der Waals surface area contributed by atoms with Crippen molar-refractivity contribution in [3.63, 3.8) is 0 Å². The lowest BCUT2D eigenvalue weighted by Crippen LogP contribution is -2.59. The van der Waals surface area contributed by atoms with Crippen molar-refractivity contribution in [1.29, 1.82) is 0 Å². The van der Waals surface area contributed by atoms with E-state index in [9.17, 15) is 36.2 Å². The summed E-state index contributed by atoms with van der Waals surface area (Å²) in [4.78, 5) is 13.1. The molecule has 5 nitrogen and oxygen atoms in total. The molecule has 1 aliphatic heterocycles. The first-order valence-corrected chi connectivity index (χ1v) is 10.6. The van der Waals surface area contributed by atoms with Gasteiger partial charge in [-0.1, -0.05) is 66.7 Å². The molecule has 3 N–H and O–H groups in total. The minimum Gasteiger partial charge on any atom is -0.372 e. The Morgan fingerprint density at radius 1 is 0.806 bits per heavy atom. The van der Waals surface area contributed by atoms with E-state index in [1.807, 2.05) is 0 Å². The predicted molar refractivity (Wildman–Crippen MR) is 118 cm³/mol. The lowest BCUT2D eigenvalue weighted by molar-refractivity contribution is -0.376. The molecule has 11 heteroatoms. The molecule has 190 valence electrons. The number of carbonyl (C=O) groups is 1. The second-order valence-electron chi connectivity index (χ2n) is 8.24. The second-order valence-corrected chi connectivity index (χ2v) is 8.24. The van der Waals surface area contributed by atoms with E-state index >= 15 is 0 Å². The molecule has 0 aliphatic carbocycles. The second kappa shape index (κ2) is 8.82. The first-order chi connectivity index (χ1) is 16.8. The molecule has 1 amide bonds. The fraction of sp³-hybridized carbons (Fsp3) is 0.240. The summed E-state index contributed by atoms with van der Waals surface area (Å²) >= 11 is 0. The maximum absolute atomic E-state index is 13.4. The van der Waals surface area contributed by atoms with Gasteiger partial charge in [-0.2, -0.15) is 26.3 Å². The van der Waals surface area contributed by atoms with Crippen LogP contribution >= 0.6 is 0 Å². The highest BCUT2D eigenvalue weighted by molar-refractivity contribution is 6.02. The van der Waals surface area contributed by atoms with Crippen LogP contribution in [0.3, 0.4) is 0 Å². The molecular weight excluding hydrogens is 490 g/mol. The van der Waals surface area contributed by atoms with E-state index in [1.54, 1.807) is 54.6 Å². The van der Waals surface area contributed by atoms with Crippen LogP contribution in [-0.4, -0.2) is 30.5 Å². The van der Waals surface area contributed by atoms with Crippen molar-refractivity contribution in [2.24, 2.45) is 0 Å². The Morgan fingerprint density at radius 2 is 1.36 bits per heavy atom. The summed E-state index contributed by atoms with van der Waals surface area (Å²) in [5, 5.41) is 15.7. The van der Waals surface area contributed by atoms with Gasteiger partial charge in [0.2, 0.25) is 0 Å². The number of fused-ring (bicyclic) bond motifs is 1. The molecule has 4 rings (SSSR count). The third-order valence-corrected chi connectivity index (χ3v) is 6.12. The van der Waals surface area contributed by atoms with E-state index < -0.39 is 41.2 Å². The maximum atomic E-state index is 13.4. The Bertz CT molecular complexity index is 1230. The molecule has 0 bridgehead atoms. The van der Waals surface area contributed by atoms with Crippen LogP contribution in [0.4, 0.5) is 32.0 Å². The molecule has 36 heavy (non-hydrogen) atoms. The number of rotatable bonds is 5.